The van der Waals surface area contributed by atoms with Crippen LogP contribution in [0.1, 0.15) is 10.5 Å². The first-order valence-corrected chi connectivity index (χ1v) is 4.21. The zero-order chi connectivity index (χ0) is 11.9. The molecule has 0 fully saturated rings. The number of pyridine rings is 1. The molecule has 0 amide bonds. The molecule has 0 aliphatic carbocycles. The van der Waals surface area contributed by atoms with E-state index in [2.05, 4.69) is 4.98 Å². The highest BCUT2D eigenvalue weighted by molar-refractivity contribution is 5.93. The van der Waals surface area contributed by atoms with Gasteiger partial charge in [-0.05, 0) is 12.1 Å². The van der Waals surface area contributed by atoms with Gasteiger partial charge in [-0.2, -0.15) is 0 Å². The first-order chi connectivity index (χ1) is 7.50. The predicted octanol–water partition coefficient (Wildman–Crippen LogP) is 1.92. The normalized spacial score (nSPS) is 10.6. The second kappa shape index (κ2) is 3.41. The van der Waals surface area contributed by atoms with Crippen molar-refractivity contribution in [2.75, 3.05) is 0 Å². The van der Waals surface area contributed by atoms with Crippen molar-refractivity contribution in [1.29, 1.82) is 0 Å². The number of aromatic nitrogens is 1. The lowest BCUT2D eigenvalue weighted by Gasteiger charge is -2.04. The number of rotatable bonds is 1. The van der Waals surface area contributed by atoms with E-state index in [1.807, 2.05) is 0 Å². The van der Waals surface area contributed by atoms with Gasteiger partial charge >= 0.3 is 5.97 Å². The fourth-order valence-corrected chi connectivity index (χ4v) is 1.35. The Morgan fingerprint density at radius 3 is 2.62 bits per heavy atom. The maximum Gasteiger partial charge on any atom is 0.354 e. The van der Waals surface area contributed by atoms with E-state index in [1.165, 1.54) is 0 Å². The molecule has 16 heavy (non-hydrogen) atoms. The summed E-state index contributed by atoms with van der Waals surface area (Å²) in [6.07, 6.45) is 0. The van der Waals surface area contributed by atoms with Crippen LogP contribution in [0, 0.1) is 11.6 Å². The van der Waals surface area contributed by atoms with Gasteiger partial charge < -0.3 is 10.2 Å². The highest BCUT2D eigenvalue weighted by Crippen LogP contribution is 2.28. The minimum absolute atomic E-state index is 0.115. The third-order valence-electron chi connectivity index (χ3n) is 2.06. The van der Waals surface area contributed by atoms with E-state index >= 15 is 0 Å². The highest BCUT2D eigenvalue weighted by Gasteiger charge is 2.15. The number of hydrogen-bond acceptors (Lipinski definition) is 3. The maximum absolute atomic E-state index is 13.3. The molecule has 2 aromatic rings. The molecule has 0 bridgehead atoms. The van der Waals surface area contributed by atoms with Crippen LogP contribution < -0.4 is 0 Å². The molecular formula is C10H5F2NO3. The third-order valence-corrected chi connectivity index (χ3v) is 2.06. The standard InChI is InChI=1S/C10H5F2NO3/c11-4-1-2-5-8(9(4)12)7(14)3-6(13-5)10(15)16/h1-3H,(H,13,14)(H,15,16). The summed E-state index contributed by atoms with van der Waals surface area (Å²) in [5.41, 5.74) is -0.549. The van der Waals surface area contributed by atoms with Crippen LogP contribution in [-0.2, 0) is 0 Å². The fraction of sp³-hybridized carbons (Fsp3) is 0. The van der Waals surface area contributed by atoms with E-state index in [0.717, 1.165) is 18.2 Å². The summed E-state index contributed by atoms with van der Waals surface area (Å²) in [6, 6.07) is 2.68. The molecule has 4 nitrogen and oxygen atoms in total. The molecule has 0 aliphatic rings. The Bertz CT molecular complexity index is 598. The molecular weight excluding hydrogens is 220 g/mol. The van der Waals surface area contributed by atoms with Gasteiger partial charge in [0.1, 0.15) is 5.75 Å². The second-order valence-electron chi connectivity index (χ2n) is 3.09. The Kier molecular flexibility index (Phi) is 2.19. The van der Waals surface area contributed by atoms with Crippen molar-refractivity contribution in [2.45, 2.75) is 0 Å². The summed E-state index contributed by atoms with van der Waals surface area (Å²) in [5, 5.41) is 17.6. The van der Waals surface area contributed by atoms with Crippen molar-refractivity contribution in [2.24, 2.45) is 0 Å². The average molecular weight is 225 g/mol. The average Bonchev–Trinajstić information content (AvgIpc) is 2.22. The number of fused-ring (bicyclic) bond motifs is 1. The van der Waals surface area contributed by atoms with Gasteiger partial charge in [0.15, 0.2) is 17.3 Å². The molecule has 82 valence electrons. The number of hydrogen-bond donors (Lipinski definition) is 2. The number of halogens is 2. The number of benzene rings is 1. The number of carbonyl (C=O) groups is 1. The Labute approximate surface area is 87.8 Å². The summed E-state index contributed by atoms with van der Waals surface area (Å²) < 4.78 is 26.1. The van der Waals surface area contributed by atoms with Gasteiger partial charge in [-0.25, -0.2) is 18.6 Å². The van der Waals surface area contributed by atoms with Crippen LogP contribution in [0.3, 0.4) is 0 Å². The van der Waals surface area contributed by atoms with Gasteiger partial charge in [0, 0.05) is 6.07 Å². The van der Waals surface area contributed by atoms with Crippen LogP contribution in [0.15, 0.2) is 18.2 Å². The van der Waals surface area contributed by atoms with Crippen LogP contribution >= 0.6 is 0 Å². The smallest absolute Gasteiger partial charge is 0.354 e. The molecule has 0 spiro atoms. The van der Waals surface area contributed by atoms with E-state index in [1.54, 1.807) is 0 Å². The summed E-state index contributed by atoms with van der Waals surface area (Å²) in [6.45, 7) is 0. The largest absolute Gasteiger partial charge is 0.507 e. The quantitative estimate of drug-likeness (QED) is 0.777. The van der Waals surface area contributed by atoms with Gasteiger partial charge in [0.2, 0.25) is 0 Å². The van der Waals surface area contributed by atoms with Gasteiger partial charge in [-0.1, -0.05) is 0 Å². The van der Waals surface area contributed by atoms with E-state index in [-0.39, 0.29) is 5.52 Å². The van der Waals surface area contributed by atoms with Crippen LogP contribution in [0.2, 0.25) is 0 Å². The van der Waals surface area contributed by atoms with Gasteiger partial charge in [0.05, 0.1) is 10.9 Å². The zero-order valence-corrected chi connectivity index (χ0v) is 7.74. The molecule has 0 unspecified atom stereocenters. The van der Waals surface area contributed by atoms with Crippen LogP contribution in [0.25, 0.3) is 10.9 Å². The monoisotopic (exact) mass is 225 g/mol. The number of nitrogens with zero attached hydrogens (tertiary/aromatic N) is 1. The summed E-state index contributed by atoms with van der Waals surface area (Å²) in [4.78, 5) is 14.2. The van der Waals surface area contributed by atoms with Crippen molar-refractivity contribution >= 4 is 16.9 Å². The number of carboxylic acids is 1. The Balaban J connectivity index is 2.86. The molecule has 1 aromatic carbocycles. The molecule has 2 rings (SSSR count). The Morgan fingerprint density at radius 1 is 1.31 bits per heavy atom. The first-order valence-electron chi connectivity index (χ1n) is 4.21. The summed E-state index contributed by atoms with van der Waals surface area (Å²) in [5.74, 6) is -4.39. The molecule has 0 saturated heterocycles. The van der Waals surface area contributed by atoms with Gasteiger partial charge in [0.25, 0.3) is 0 Å². The maximum atomic E-state index is 13.3. The molecule has 0 radical (unpaired) electrons. The number of carboxylic acid groups (broad SMARTS) is 1. The van der Waals surface area contributed by atoms with E-state index in [0.29, 0.717) is 0 Å². The van der Waals surface area contributed by atoms with Gasteiger partial charge in [-0.15, -0.1) is 0 Å². The second-order valence-corrected chi connectivity index (χ2v) is 3.09. The Morgan fingerprint density at radius 2 is 2.00 bits per heavy atom. The van der Waals surface area contributed by atoms with E-state index < -0.39 is 34.4 Å². The lowest BCUT2D eigenvalue weighted by atomic mass is 10.1. The number of aromatic carboxylic acids is 1. The Hall–Kier alpha value is -2.24. The fourth-order valence-electron chi connectivity index (χ4n) is 1.35. The lowest BCUT2D eigenvalue weighted by molar-refractivity contribution is 0.0690. The predicted molar refractivity (Wildman–Crippen MR) is 50.3 cm³/mol. The first kappa shape index (κ1) is 10.3. The van der Waals surface area contributed by atoms with E-state index in [9.17, 15) is 18.7 Å². The van der Waals surface area contributed by atoms with Crippen molar-refractivity contribution < 1.29 is 23.8 Å². The van der Waals surface area contributed by atoms with Crippen LogP contribution in [0.5, 0.6) is 5.75 Å². The van der Waals surface area contributed by atoms with Crippen LogP contribution in [0.4, 0.5) is 8.78 Å². The minimum atomic E-state index is -1.36. The van der Waals surface area contributed by atoms with Crippen molar-refractivity contribution in [1.82, 2.24) is 4.98 Å². The molecule has 0 saturated carbocycles. The SMILES string of the molecule is O=C(O)c1cc(O)c2c(F)c(F)ccc2n1. The molecule has 1 aromatic heterocycles. The van der Waals surface area contributed by atoms with Crippen molar-refractivity contribution in [3.63, 3.8) is 0 Å². The number of aromatic hydroxyl groups is 1. The molecule has 1 heterocycles. The van der Waals surface area contributed by atoms with Crippen molar-refractivity contribution in [3.8, 4) is 5.75 Å². The third kappa shape index (κ3) is 1.44. The molecule has 0 aliphatic heterocycles. The highest BCUT2D eigenvalue weighted by atomic mass is 19.2. The van der Waals surface area contributed by atoms with E-state index in [4.69, 9.17) is 5.11 Å². The van der Waals surface area contributed by atoms with Gasteiger partial charge in [-0.3, -0.25) is 0 Å². The molecule has 6 heteroatoms. The zero-order valence-electron chi connectivity index (χ0n) is 7.74. The minimum Gasteiger partial charge on any atom is -0.507 e. The molecule has 0 atom stereocenters. The molecule has 2 N–H and O–H groups in total. The lowest BCUT2D eigenvalue weighted by Crippen LogP contribution is -2.01. The van der Waals surface area contributed by atoms with Crippen molar-refractivity contribution in [3.05, 3.63) is 35.5 Å². The topological polar surface area (TPSA) is 70.4 Å². The summed E-state index contributed by atoms with van der Waals surface area (Å²) in [7, 11) is 0. The summed E-state index contributed by atoms with van der Waals surface area (Å²) >= 11 is 0. The van der Waals surface area contributed by atoms with Crippen LogP contribution in [-0.4, -0.2) is 21.2 Å².